The molecule has 16 heteroatoms. The van der Waals surface area contributed by atoms with Crippen molar-refractivity contribution >= 4 is 46.3 Å². The first-order valence-electron chi connectivity index (χ1n) is 40.6. The molecule has 8 aromatic heterocycles. The Morgan fingerprint density at radius 1 is 0.209 bits per heavy atom. The number of aromatic nitrogens is 8. The first-order valence-corrected chi connectivity index (χ1v) is 40.6. The fourth-order valence-electron chi connectivity index (χ4n) is 17.8. The maximum Gasteiger partial charge on any atom is 0.187 e. The van der Waals surface area contributed by atoms with Gasteiger partial charge in [0.1, 0.15) is 0 Å². The van der Waals surface area contributed by atoms with Gasteiger partial charge in [-0.05, 0) is 243 Å². The van der Waals surface area contributed by atoms with Crippen LogP contribution in [-0.4, -0.2) is 86.1 Å². The van der Waals surface area contributed by atoms with Crippen molar-refractivity contribution in [2.45, 2.75) is 239 Å². The fraction of sp³-hybridized carbons (Fsp3) is 0.383. The number of aromatic amines is 8. The third-order valence-corrected chi connectivity index (χ3v) is 23.0. The van der Waals surface area contributed by atoms with Crippen LogP contribution < -0.4 is 0 Å². The van der Waals surface area contributed by atoms with Gasteiger partial charge in [-0.1, -0.05) is 165 Å². The number of carbonyl (C=O) groups is 8. The second-order valence-corrected chi connectivity index (χ2v) is 28.8. The molecule has 3 aromatic carbocycles. The molecule has 0 aliphatic carbocycles. The van der Waals surface area contributed by atoms with E-state index in [1.165, 1.54) is 0 Å². The molecule has 11 aromatic rings. The molecule has 8 N–H and O–H groups in total. The maximum atomic E-state index is 14.9. The molecule has 574 valence electrons. The van der Waals surface area contributed by atoms with Crippen LogP contribution in [-0.2, 0) is 103 Å². The molecule has 0 aliphatic heterocycles. The molecule has 0 radical (unpaired) electrons. The number of hydrogen-bond acceptors (Lipinski definition) is 8. The van der Waals surface area contributed by atoms with Gasteiger partial charge >= 0.3 is 0 Å². The van der Waals surface area contributed by atoms with Crippen LogP contribution in [0.25, 0.3) is 67.5 Å². The molecular formula is C94H110N8O8. The van der Waals surface area contributed by atoms with E-state index in [-0.39, 0.29) is 71.9 Å². The monoisotopic (exact) mass is 1480 g/mol. The summed E-state index contributed by atoms with van der Waals surface area (Å²) in [6, 6.07) is 24.3. The Balaban J connectivity index is 0.829. The average Bonchev–Trinajstić information content (AvgIpc) is 1.62. The van der Waals surface area contributed by atoms with Gasteiger partial charge in [0.25, 0.3) is 0 Å². The van der Waals surface area contributed by atoms with Crippen molar-refractivity contribution in [2.75, 3.05) is 0 Å². The van der Waals surface area contributed by atoms with E-state index in [2.05, 4.69) is 113 Å². The van der Waals surface area contributed by atoms with E-state index < -0.39 is 0 Å². The quantitative estimate of drug-likeness (QED) is 0.0136. The van der Waals surface area contributed by atoms with Gasteiger partial charge < -0.3 is 39.9 Å². The molecule has 16 nitrogen and oxygen atoms in total. The number of hydrogen-bond donors (Lipinski definition) is 8. The van der Waals surface area contributed by atoms with Crippen LogP contribution in [0.5, 0.6) is 0 Å². The van der Waals surface area contributed by atoms with Crippen molar-refractivity contribution in [3.63, 3.8) is 0 Å². The molecule has 0 spiro atoms. The highest BCUT2D eigenvalue weighted by Gasteiger charge is 2.33. The smallest absolute Gasteiger partial charge is 0.187 e. The Bertz CT molecular complexity index is 5030. The summed E-state index contributed by atoms with van der Waals surface area (Å²) < 4.78 is 0. The molecule has 110 heavy (non-hydrogen) atoms. The molecule has 0 saturated carbocycles. The maximum absolute atomic E-state index is 14.9. The zero-order valence-electron chi connectivity index (χ0n) is 67.5. The molecule has 0 fully saturated rings. The van der Waals surface area contributed by atoms with Gasteiger partial charge in [0.2, 0.25) is 0 Å². The van der Waals surface area contributed by atoms with Gasteiger partial charge in [0, 0.05) is 46.6 Å². The minimum atomic E-state index is -0.362. The van der Waals surface area contributed by atoms with Gasteiger partial charge in [-0.15, -0.1) is 0 Å². The van der Waals surface area contributed by atoms with Crippen LogP contribution in [0.3, 0.4) is 0 Å². The summed E-state index contributed by atoms with van der Waals surface area (Å²) in [5, 5.41) is 0. The number of Topliss-reactive ketones (excluding diaryl/α,β-unsaturated/α-hetero) is 8. The van der Waals surface area contributed by atoms with Crippen LogP contribution in [0.1, 0.15) is 309 Å². The predicted molar refractivity (Wildman–Crippen MR) is 443 cm³/mol. The van der Waals surface area contributed by atoms with Gasteiger partial charge in [-0.25, -0.2) is 0 Å². The summed E-state index contributed by atoms with van der Waals surface area (Å²) in [5.74, 6) is -2.17. The zero-order chi connectivity index (χ0) is 79.1. The molecule has 0 amide bonds. The number of rotatable bonds is 38. The first kappa shape index (κ1) is 80.3. The Morgan fingerprint density at radius 3 is 0.527 bits per heavy atom. The van der Waals surface area contributed by atoms with Gasteiger partial charge in [-0.3, -0.25) is 38.4 Å². The van der Waals surface area contributed by atoms with Crippen molar-refractivity contribution in [1.82, 2.24) is 39.9 Å². The summed E-state index contributed by atoms with van der Waals surface area (Å²) in [5.41, 5.74) is 28.9. The number of H-pyrrole nitrogens is 8. The van der Waals surface area contributed by atoms with Crippen molar-refractivity contribution in [3.8, 4) is 67.5 Å². The van der Waals surface area contributed by atoms with Gasteiger partial charge in [-0.2, -0.15) is 0 Å². The van der Waals surface area contributed by atoms with E-state index in [1.54, 1.807) is 0 Å². The summed E-state index contributed by atoms with van der Waals surface area (Å²) in [7, 11) is 0. The lowest BCUT2D eigenvalue weighted by atomic mass is 9.94. The molecule has 0 saturated heterocycles. The first-order chi connectivity index (χ1) is 53.2. The molecule has 0 bridgehead atoms. The minimum absolute atomic E-state index is 0.223. The van der Waals surface area contributed by atoms with Crippen LogP contribution in [0.2, 0.25) is 0 Å². The van der Waals surface area contributed by atoms with E-state index in [9.17, 15) is 38.4 Å². The highest BCUT2D eigenvalue weighted by molar-refractivity contribution is 6.17. The Kier molecular flexibility index (Phi) is 25.5. The summed E-state index contributed by atoms with van der Waals surface area (Å²) in [6.07, 6.45) is 12.8. The third kappa shape index (κ3) is 15.0. The average molecular weight is 1480 g/mol. The largest absolute Gasteiger partial charge is 0.358 e. The van der Waals surface area contributed by atoms with E-state index >= 15 is 0 Å². The highest BCUT2D eigenvalue weighted by atomic mass is 16.2. The number of nitrogens with one attached hydrogen (secondary N) is 8. The molecule has 11 rings (SSSR count). The van der Waals surface area contributed by atoms with Gasteiger partial charge in [0.05, 0.1) is 71.2 Å². The van der Waals surface area contributed by atoms with Gasteiger partial charge in [0.15, 0.2) is 46.3 Å². The SMILES string of the molecule is CCc1c[nH]c(C(=O)CC(=O)c2[nH]c(-c3cccc(-c4[nH]c(C(=O)CC(=O)c5[nH]c(-c6cccc(-c7[nH]c(C(=O)CC(=O)c8[nH]c(-c9cccc(-c%10[nH]c(C(=O)CC(=O)c%11[nH]cc(CC)c%11CC)c(CC)c%10CC)c9)c(CC)c8CC)c(CC)c7CC)c6)c(CC)c5CC)c(CC)c4CC)c3)c(CC)c2CC)c1CC. The van der Waals surface area contributed by atoms with Crippen LogP contribution >= 0.6 is 0 Å². The molecule has 0 aliphatic rings. The number of ketones is 8. The van der Waals surface area contributed by atoms with Crippen LogP contribution in [0.4, 0.5) is 0 Å². The standard InChI is InChI=1S/C94H110N8O8/c1-17-51-49-95-87(59(51)19-3)73(103)45-75(105)89-67(27-11)61(21-5)81(97-89)53-36-33-38-55(42-53)83-63(23-7)69(29-13)91(99-83)77(107)47-79(109)93-71(31-15)65(25-9)85(101-93)57-40-35-41-58(44-57)86-66(26-10)72(32-16)94(102-86)80(110)48-78(108)92-70(30-14)64(24-8)84(100-92)56-39-34-37-54(43-56)82-62(22-6)68(28-12)90(98-82)76(106)46-74(104)88-60(20-4)52(18-2)50-96-88/h33-44,49-50,95-102H,17-32,45-48H2,1-16H3. The zero-order valence-corrected chi connectivity index (χ0v) is 67.5. The highest BCUT2D eigenvalue weighted by Crippen LogP contribution is 2.41. The summed E-state index contributed by atoms with van der Waals surface area (Å²) in [4.78, 5) is 143. The fourth-order valence-corrected chi connectivity index (χ4v) is 17.8. The van der Waals surface area contributed by atoms with Crippen LogP contribution in [0.15, 0.2) is 85.2 Å². The van der Waals surface area contributed by atoms with Crippen molar-refractivity contribution in [2.24, 2.45) is 0 Å². The van der Waals surface area contributed by atoms with E-state index in [4.69, 9.17) is 0 Å². The summed E-state index contributed by atoms with van der Waals surface area (Å²) >= 11 is 0. The normalized spacial score (nSPS) is 11.6. The lowest BCUT2D eigenvalue weighted by Gasteiger charge is -2.08. The molecule has 8 heterocycles. The Hall–Kier alpha value is -10.7. The van der Waals surface area contributed by atoms with Crippen molar-refractivity contribution in [1.29, 1.82) is 0 Å². The Labute approximate surface area is 647 Å². The number of benzene rings is 3. The molecular weight excluding hydrogens is 1370 g/mol. The number of aryl methyl sites for hydroxylation is 2. The second-order valence-electron chi connectivity index (χ2n) is 28.8. The van der Waals surface area contributed by atoms with Crippen molar-refractivity contribution < 1.29 is 38.4 Å². The second kappa shape index (κ2) is 34.9. The Morgan fingerprint density at radius 2 is 0.373 bits per heavy atom. The third-order valence-electron chi connectivity index (χ3n) is 23.0. The minimum Gasteiger partial charge on any atom is -0.358 e. The van der Waals surface area contributed by atoms with E-state index in [0.717, 1.165) is 169 Å². The van der Waals surface area contributed by atoms with E-state index in [1.807, 2.05) is 122 Å². The van der Waals surface area contributed by atoms with Crippen LogP contribution in [0, 0.1) is 0 Å². The van der Waals surface area contributed by atoms with E-state index in [0.29, 0.717) is 135 Å². The lowest BCUT2D eigenvalue weighted by Crippen LogP contribution is -2.13. The molecule has 0 unspecified atom stereocenters. The van der Waals surface area contributed by atoms with Crippen molar-refractivity contribution in [3.05, 3.63) is 220 Å². The molecule has 0 atom stereocenters. The summed E-state index contributed by atoms with van der Waals surface area (Å²) in [6.45, 7) is 32.8. The lowest BCUT2D eigenvalue weighted by molar-refractivity contribution is 0.0872. The topological polar surface area (TPSA) is 263 Å². The number of carbonyl (C=O) groups excluding carboxylic acids is 8. The predicted octanol–water partition coefficient (Wildman–Crippen LogP) is 21.1.